The van der Waals surface area contributed by atoms with Gasteiger partial charge in [0.1, 0.15) is 16.2 Å². The molecule has 0 atom stereocenters. The van der Waals surface area contributed by atoms with Gasteiger partial charge in [0, 0.05) is 28.9 Å². The zero-order valence-corrected chi connectivity index (χ0v) is 21.5. The van der Waals surface area contributed by atoms with E-state index in [9.17, 15) is 8.42 Å². The summed E-state index contributed by atoms with van der Waals surface area (Å²) < 4.78 is 57.7. The minimum absolute atomic E-state index is 0.00490. The zero-order valence-electron chi connectivity index (χ0n) is 19.9. The summed E-state index contributed by atoms with van der Waals surface area (Å²) in [5, 5.41) is 3.74. The van der Waals surface area contributed by atoms with E-state index < -0.39 is 27.5 Å². The Labute approximate surface area is 218 Å². The van der Waals surface area contributed by atoms with Gasteiger partial charge in [-0.2, -0.15) is 0 Å². The predicted octanol–water partition coefficient (Wildman–Crippen LogP) is 6.48. The third kappa shape index (κ3) is 5.35. The first-order valence-corrected chi connectivity index (χ1v) is 13.7. The van der Waals surface area contributed by atoms with Gasteiger partial charge in [-0.1, -0.05) is 43.0 Å². The second-order valence-corrected chi connectivity index (χ2v) is 11.1. The number of aromatic nitrogens is 3. The van der Waals surface area contributed by atoms with Crippen molar-refractivity contribution in [3.8, 4) is 11.1 Å². The van der Waals surface area contributed by atoms with Crippen LogP contribution in [0.4, 0.5) is 20.5 Å². The van der Waals surface area contributed by atoms with Crippen LogP contribution in [0.25, 0.3) is 22.0 Å². The van der Waals surface area contributed by atoms with Crippen LogP contribution in [0.2, 0.25) is 5.02 Å². The lowest BCUT2D eigenvalue weighted by Gasteiger charge is -2.22. The van der Waals surface area contributed by atoms with E-state index in [4.69, 9.17) is 11.6 Å². The van der Waals surface area contributed by atoms with Gasteiger partial charge >= 0.3 is 0 Å². The molecule has 0 unspecified atom stereocenters. The Morgan fingerprint density at radius 1 is 1.00 bits per heavy atom. The monoisotopic (exact) mass is 543 g/mol. The number of benzene rings is 2. The summed E-state index contributed by atoms with van der Waals surface area (Å²) in [6, 6.07) is 10.1. The number of anilines is 2. The molecule has 37 heavy (non-hydrogen) atoms. The molecule has 0 bridgehead atoms. The molecule has 1 saturated carbocycles. The number of rotatable bonds is 6. The molecule has 1 fully saturated rings. The SMILES string of the molecule is Cc1nc(NS(=O)(=O)c2ccccc2Cl)c(F)cc1-c1cc(F)c2nc(NC3CCCCC3)ncc2c1. The molecule has 7 nitrogen and oxygen atoms in total. The van der Waals surface area contributed by atoms with E-state index in [1.807, 2.05) is 0 Å². The first-order valence-electron chi connectivity index (χ1n) is 11.9. The maximum absolute atomic E-state index is 15.1. The Balaban J connectivity index is 1.44. The third-order valence-electron chi connectivity index (χ3n) is 6.41. The minimum atomic E-state index is -4.18. The molecule has 192 valence electrons. The number of hydrogen-bond donors (Lipinski definition) is 2. The average molecular weight is 544 g/mol. The van der Waals surface area contributed by atoms with E-state index >= 15 is 8.78 Å². The van der Waals surface area contributed by atoms with Crippen molar-refractivity contribution in [1.82, 2.24) is 15.0 Å². The fourth-order valence-electron chi connectivity index (χ4n) is 4.55. The molecule has 2 aromatic heterocycles. The maximum Gasteiger partial charge on any atom is 0.264 e. The van der Waals surface area contributed by atoms with E-state index in [0.717, 1.165) is 31.7 Å². The Kier molecular flexibility index (Phi) is 6.96. The smallest absolute Gasteiger partial charge is 0.264 e. The molecule has 0 amide bonds. The van der Waals surface area contributed by atoms with Gasteiger partial charge < -0.3 is 5.32 Å². The second-order valence-electron chi connectivity index (χ2n) is 9.06. The summed E-state index contributed by atoms with van der Waals surface area (Å²) in [7, 11) is -4.18. The van der Waals surface area contributed by atoms with E-state index in [-0.39, 0.29) is 21.5 Å². The molecule has 1 aliphatic rings. The predicted molar refractivity (Wildman–Crippen MR) is 140 cm³/mol. The van der Waals surface area contributed by atoms with E-state index in [2.05, 4.69) is 25.0 Å². The highest BCUT2D eigenvalue weighted by atomic mass is 35.5. The average Bonchev–Trinajstić information content (AvgIpc) is 2.87. The van der Waals surface area contributed by atoms with Crippen molar-refractivity contribution in [1.29, 1.82) is 0 Å². The maximum atomic E-state index is 15.1. The second kappa shape index (κ2) is 10.2. The van der Waals surface area contributed by atoms with Crippen molar-refractivity contribution >= 4 is 44.3 Å². The summed E-state index contributed by atoms with van der Waals surface area (Å²) in [5.41, 5.74) is 1.13. The molecule has 0 radical (unpaired) electrons. The highest BCUT2D eigenvalue weighted by molar-refractivity contribution is 7.92. The van der Waals surface area contributed by atoms with Crippen molar-refractivity contribution in [3.63, 3.8) is 0 Å². The lowest BCUT2D eigenvalue weighted by atomic mass is 9.96. The van der Waals surface area contributed by atoms with Crippen LogP contribution in [-0.4, -0.2) is 29.4 Å². The van der Waals surface area contributed by atoms with Crippen LogP contribution in [-0.2, 0) is 10.0 Å². The van der Waals surface area contributed by atoms with Crippen molar-refractivity contribution in [2.75, 3.05) is 10.0 Å². The van der Waals surface area contributed by atoms with Gasteiger partial charge in [0.2, 0.25) is 5.95 Å². The summed E-state index contributed by atoms with van der Waals surface area (Å²) in [6.07, 6.45) is 7.11. The summed E-state index contributed by atoms with van der Waals surface area (Å²) in [6.45, 7) is 1.58. The van der Waals surface area contributed by atoms with Crippen LogP contribution in [0.5, 0.6) is 0 Å². The van der Waals surface area contributed by atoms with Gasteiger partial charge in [-0.05, 0) is 55.7 Å². The van der Waals surface area contributed by atoms with Crippen molar-refractivity contribution in [3.05, 3.63) is 71.0 Å². The van der Waals surface area contributed by atoms with Gasteiger partial charge in [0.05, 0.1) is 5.02 Å². The number of halogens is 3. The molecule has 2 aromatic carbocycles. The number of sulfonamides is 1. The molecule has 2 heterocycles. The Morgan fingerprint density at radius 2 is 1.76 bits per heavy atom. The van der Waals surface area contributed by atoms with Crippen LogP contribution in [0, 0.1) is 18.6 Å². The largest absolute Gasteiger partial charge is 0.351 e. The Hall–Kier alpha value is -3.37. The number of nitrogens with one attached hydrogen (secondary N) is 2. The molecule has 11 heteroatoms. The van der Waals surface area contributed by atoms with Crippen molar-refractivity contribution in [2.24, 2.45) is 0 Å². The van der Waals surface area contributed by atoms with Gasteiger partial charge in [-0.25, -0.2) is 32.2 Å². The molecule has 0 saturated heterocycles. The van der Waals surface area contributed by atoms with Gasteiger partial charge in [-0.3, -0.25) is 4.72 Å². The van der Waals surface area contributed by atoms with Gasteiger partial charge in [0.15, 0.2) is 11.6 Å². The van der Waals surface area contributed by atoms with E-state index in [1.165, 1.54) is 36.9 Å². The lowest BCUT2D eigenvalue weighted by Crippen LogP contribution is -2.23. The highest BCUT2D eigenvalue weighted by Crippen LogP contribution is 2.32. The number of aryl methyl sites for hydroxylation is 1. The number of hydrogen-bond acceptors (Lipinski definition) is 6. The Morgan fingerprint density at radius 3 is 2.51 bits per heavy atom. The number of pyridine rings is 1. The normalized spacial score (nSPS) is 14.6. The molecular formula is C26H24ClF2N5O2S. The molecule has 1 aliphatic carbocycles. The fraction of sp³-hybridized carbons (Fsp3) is 0.269. The quantitative estimate of drug-likeness (QED) is 0.289. The zero-order chi connectivity index (χ0) is 26.2. The first kappa shape index (κ1) is 25.3. The lowest BCUT2D eigenvalue weighted by molar-refractivity contribution is 0.461. The highest BCUT2D eigenvalue weighted by Gasteiger charge is 2.22. The van der Waals surface area contributed by atoms with Crippen LogP contribution in [0.3, 0.4) is 0 Å². The molecular weight excluding hydrogens is 520 g/mol. The third-order valence-corrected chi connectivity index (χ3v) is 8.25. The van der Waals surface area contributed by atoms with Crippen LogP contribution in [0.1, 0.15) is 37.8 Å². The molecule has 0 spiro atoms. The van der Waals surface area contributed by atoms with Crippen LogP contribution < -0.4 is 10.0 Å². The van der Waals surface area contributed by atoms with Crippen LogP contribution in [0.15, 0.2) is 53.6 Å². The van der Waals surface area contributed by atoms with Crippen molar-refractivity contribution in [2.45, 2.75) is 50.0 Å². The number of fused-ring (bicyclic) bond motifs is 1. The van der Waals surface area contributed by atoms with Crippen LogP contribution >= 0.6 is 11.6 Å². The molecule has 2 N–H and O–H groups in total. The fourth-order valence-corrected chi connectivity index (χ4v) is 6.08. The standard InChI is InChI=1S/C26H24ClF2N5O2S/c1-15-19(13-22(29)25(31-15)34-37(35,36)23-10-6-5-9-20(23)27)16-11-17-14-30-26(33-24(17)21(28)12-16)32-18-7-3-2-4-8-18/h5-6,9-14,18H,2-4,7-8H2,1H3,(H,31,34)(H,30,32,33). The molecule has 0 aliphatic heterocycles. The minimum Gasteiger partial charge on any atom is -0.351 e. The van der Waals surface area contributed by atoms with Gasteiger partial charge in [0.25, 0.3) is 10.0 Å². The summed E-state index contributed by atoms with van der Waals surface area (Å²) >= 11 is 5.99. The molecule has 5 rings (SSSR count). The Bertz CT molecular complexity index is 1590. The van der Waals surface area contributed by atoms with Crippen molar-refractivity contribution < 1.29 is 17.2 Å². The number of nitrogens with zero attached hydrogens (tertiary/aromatic N) is 3. The van der Waals surface area contributed by atoms with E-state index in [0.29, 0.717) is 28.2 Å². The topological polar surface area (TPSA) is 96.9 Å². The van der Waals surface area contributed by atoms with E-state index in [1.54, 1.807) is 19.1 Å². The summed E-state index contributed by atoms with van der Waals surface area (Å²) in [4.78, 5) is 12.6. The van der Waals surface area contributed by atoms with Gasteiger partial charge in [-0.15, -0.1) is 0 Å². The molecule has 4 aromatic rings. The first-order chi connectivity index (χ1) is 17.7. The summed E-state index contributed by atoms with van der Waals surface area (Å²) in [5.74, 6) is -1.60.